The van der Waals surface area contributed by atoms with Crippen molar-refractivity contribution in [1.82, 2.24) is 20.2 Å². The van der Waals surface area contributed by atoms with Crippen LogP contribution in [0.1, 0.15) is 109 Å². The summed E-state index contributed by atoms with van der Waals surface area (Å²) in [6.07, 6.45) is -1.02. The summed E-state index contributed by atoms with van der Waals surface area (Å²) in [5, 5.41) is 44.5. The Balaban J connectivity index is 1.29. The number of piperidine rings is 1. The van der Waals surface area contributed by atoms with Crippen LogP contribution >= 0.6 is 7.29 Å². The molecule has 3 amide bonds. The Morgan fingerprint density at radius 1 is 0.853 bits per heavy atom. The van der Waals surface area contributed by atoms with Crippen LogP contribution in [0.4, 0.5) is 0 Å². The molecule has 2 aliphatic heterocycles. The van der Waals surface area contributed by atoms with Crippen LogP contribution in [0.25, 0.3) is 0 Å². The van der Waals surface area contributed by atoms with Crippen LogP contribution in [0, 0.1) is 16.7 Å². The second-order valence-electron chi connectivity index (χ2n) is 20.4. The standard InChI is InChI=1S/C56H82N5O13P/c1-39(2)75(68,60(6)33-14-31-57)54(4,5)55(38-73-56(41-17-23-44(69-7)24-18-41,42-19-25-45(70-8)26-20-42)43-21-27-46(71-9)28-22-43)29-34-61(35-30-55)49(65)16-11-10-12-32-58-48(64)15-13-36-72-53-50(59-40(3)63)52(67)51(66)47(37-62)74-53/h17-28,39,47,50-53,62,66-67H,10-16,29-30,32-38H2,1-9H3,(H,58,64)(H,59,63)/t47-,50-,51+,52-,53-,75?/m1/s1. The van der Waals surface area contributed by atoms with Gasteiger partial charge in [-0.15, -0.1) is 0 Å². The van der Waals surface area contributed by atoms with E-state index in [0.717, 1.165) is 16.7 Å². The highest BCUT2D eigenvalue weighted by molar-refractivity contribution is 7.63. The minimum absolute atomic E-state index is 0.0311. The van der Waals surface area contributed by atoms with Crippen molar-refractivity contribution in [2.24, 2.45) is 5.41 Å². The molecule has 0 saturated carbocycles. The monoisotopic (exact) mass is 1060 g/mol. The molecule has 3 aromatic carbocycles. The molecule has 19 heteroatoms. The highest BCUT2D eigenvalue weighted by atomic mass is 31.2. The first-order valence-corrected chi connectivity index (χ1v) is 27.8. The summed E-state index contributed by atoms with van der Waals surface area (Å²) in [6.45, 7) is 10.7. The normalized spacial score (nSPS) is 20.7. The van der Waals surface area contributed by atoms with Crippen molar-refractivity contribution in [1.29, 1.82) is 5.26 Å². The van der Waals surface area contributed by atoms with E-state index in [1.54, 1.807) is 21.3 Å². The molecule has 3 aromatic rings. The SMILES string of the molecule is COc1ccc(C(OCC2(C(C)(C)P(=O)(C(C)C)N(C)CCC#N)CCN(C(=O)CCCCCNC(=O)CCCO[C@@H]3O[C@H](CO)[C@H](O)[C@H](O)[C@H]3NC(C)=O)CC2)(c2ccc(OC)cc2)c2ccc(OC)cc2)cc1. The van der Waals surface area contributed by atoms with E-state index in [1.165, 1.54) is 6.92 Å². The molecule has 1 unspecified atom stereocenters. The van der Waals surface area contributed by atoms with Gasteiger partial charge in [-0.05, 0) is 92.2 Å². The molecular weight excluding hydrogens is 982 g/mol. The van der Waals surface area contributed by atoms with Gasteiger partial charge in [0.05, 0.1) is 47.2 Å². The zero-order valence-corrected chi connectivity index (χ0v) is 46.3. The quantitative estimate of drug-likeness (QED) is 0.0302. The van der Waals surface area contributed by atoms with Crippen molar-refractivity contribution in [2.45, 2.75) is 139 Å². The van der Waals surface area contributed by atoms with Crippen LogP contribution in [0.2, 0.25) is 0 Å². The summed E-state index contributed by atoms with van der Waals surface area (Å²) in [7, 11) is 3.43. The lowest BCUT2D eigenvalue weighted by Crippen LogP contribution is -2.64. The Morgan fingerprint density at radius 3 is 1.85 bits per heavy atom. The fraction of sp³-hybridized carbons (Fsp3) is 0.607. The Morgan fingerprint density at radius 2 is 1.39 bits per heavy atom. The van der Waals surface area contributed by atoms with Gasteiger partial charge in [0.15, 0.2) is 13.6 Å². The number of rotatable bonds is 28. The summed E-state index contributed by atoms with van der Waals surface area (Å²) in [5.74, 6) is 1.44. The predicted molar refractivity (Wildman–Crippen MR) is 285 cm³/mol. The highest BCUT2D eigenvalue weighted by Gasteiger charge is 2.60. The number of ether oxygens (including phenoxy) is 6. The maximum atomic E-state index is 16.0. The number of likely N-dealkylation sites (tertiary alicyclic amines) is 1. The number of benzene rings is 3. The largest absolute Gasteiger partial charge is 0.497 e. The second kappa shape index (κ2) is 27.8. The van der Waals surface area contributed by atoms with E-state index < -0.39 is 66.6 Å². The fourth-order valence-electron chi connectivity index (χ4n) is 10.9. The molecule has 0 aliphatic carbocycles. The van der Waals surface area contributed by atoms with Gasteiger partial charge in [-0.25, -0.2) is 0 Å². The fourth-order valence-corrected chi connectivity index (χ4v) is 15.2. The summed E-state index contributed by atoms with van der Waals surface area (Å²) < 4.78 is 53.7. The van der Waals surface area contributed by atoms with Crippen LogP contribution in [0.3, 0.4) is 0 Å². The summed E-state index contributed by atoms with van der Waals surface area (Å²) in [6, 6.07) is 24.7. The zero-order chi connectivity index (χ0) is 55.0. The zero-order valence-electron chi connectivity index (χ0n) is 45.4. The van der Waals surface area contributed by atoms with Crippen LogP contribution in [-0.4, -0.2) is 158 Å². The van der Waals surface area contributed by atoms with Gasteiger partial charge in [0, 0.05) is 68.6 Å². The molecule has 0 spiro atoms. The average molecular weight is 1060 g/mol. The minimum atomic E-state index is -3.31. The lowest BCUT2D eigenvalue weighted by molar-refractivity contribution is -0.270. The number of aliphatic hydroxyl groups is 3. The smallest absolute Gasteiger partial charge is 0.222 e. The number of hydrogen-bond acceptors (Lipinski definition) is 14. The Bertz CT molecular complexity index is 2260. The van der Waals surface area contributed by atoms with Gasteiger partial charge >= 0.3 is 0 Å². The molecule has 6 atom stereocenters. The van der Waals surface area contributed by atoms with Gasteiger partial charge in [0.2, 0.25) is 17.7 Å². The second-order valence-corrected chi connectivity index (χ2v) is 24.5. The highest BCUT2D eigenvalue weighted by Crippen LogP contribution is 2.71. The van der Waals surface area contributed by atoms with E-state index in [1.807, 2.05) is 103 Å². The maximum absolute atomic E-state index is 16.0. The lowest BCUT2D eigenvalue weighted by atomic mass is 9.69. The van der Waals surface area contributed by atoms with Crippen LogP contribution < -0.4 is 24.8 Å². The molecule has 2 aliphatic rings. The number of methoxy groups -OCH3 is 3. The molecule has 18 nitrogen and oxygen atoms in total. The van der Waals surface area contributed by atoms with E-state index >= 15 is 4.57 Å². The average Bonchev–Trinajstić information content (AvgIpc) is 3.41. The van der Waals surface area contributed by atoms with Gasteiger partial charge in [-0.1, -0.05) is 70.5 Å². The van der Waals surface area contributed by atoms with Crippen LogP contribution in [0.5, 0.6) is 17.2 Å². The molecule has 2 saturated heterocycles. The minimum Gasteiger partial charge on any atom is -0.497 e. The molecular formula is C56H82N5O13P. The number of unbranched alkanes of at least 4 members (excludes halogenated alkanes) is 2. The van der Waals surface area contributed by atoms with E-state index in [9.17, 15) is 35.0 Å². The Hall–Kier alpha value is -5.09. The van der Waals surface area contributed by atoms with Gasteiger partial charge < -0.3 is 63.8 Å². The molecule has 5 rings (SSSR count). The molecule has 2 heterocycles. The Kier molecular flexibility index (Phi) is 22.5. The number of carbonyl (C=O) groups excluding carboxylic acids is 3. The topological polar surface area (TPSA) is 239 Å². The third kappa shape index (κ3) is 14.1. The van der Waals surface area contributed by atoms with Crippen molar-refractivity contribution in [2.75, 3.05) is 74.4 Å². The Labute approximate surface area is 443 Å². The third-order valence-corrected chi connectivity index (χ3v) is 20.1. The number of nitrogens with one attached hydrogen (secondary N) is 2. The number of amides is 3. The van der Waals surface area contributed by atoms with Crippen molar-refractivity contribution in [3.8, 4) is 23.3 Å². The number of nitrogens with zero attached hydrogens (tertiary/aromatic N) is 3. The molecule has 75 heavy (non-hydrogen) atoms. The maximum Gasteiger partial charge on any atom is 0.222 e. The van der Waals surface area contributed by atoms with Crippen molar-refractivity contribution in [3.63, 3.8) is 0 Å². The number of carbonyl (C=O) groups is 3. The van der Waals surface area contributed by atoms with E-state index in [-0.39, 0.29) is 43.5 Å². The molecule has 0 aromatic heterocycles. The summed E-state index contributed by atoms with van der Waals surface area (Å²) >= 11 is 0. The number of hydrogen-bond donors (Lipinski definition) is 5. The molecule has 0 radical (unpaired) electrons. The third-order valence-electron chi connectivity index (χ3n) is 15.5. The predicted octanol–water partition coefficient (Wildman–Crippen LogP) is 6.36. The number of nitriles is 1. The van der Waals surface area contributed by atoms with Crippen molar-refractivity contribution in [3.05, 3.63) is 89.5 Å². The van der Waals surface area contributed by atoms with Gasteiger partial charge in [0.25, 0.3) is 0 Å². The van der Waals surface area contributed by atoms with E-state index in [2.05, 4.69) is 30.6 Å². The molecule has 414 valence electrons. The van der Waals surface area contributed by atoms with E-state index in [0.29, 0.717) is 88.4 Å². The van der Waals surface area contributed by atoms with Gasteiger partial charge in [-0.2, -0.15) is 5.26 Å². The summed E-state index contributed by atoms with van der Waals surface area (Å²) in [4.78, 5) is 40.3. The van der Waals surface area contributed by atoms with E-state index in [4.69, 9.17) is 28.4 Å². The molecule has 2 fully saturated rings. The first-order valence-electron chi connectivity index (χ1n) is 26.1. The first kappa shape index (κ1) is 60.8. The lowest BCUT2D eigenvalue weighted by Gasteiger charge is -2.57. The summed E-state index contributed by atoms with van der Waals surface area (Å²) in [5.41, 5.74) is 0.327. The van der Waals surface area contributed by atoms with Crippen molar-refractivity contribution >= 4 is 25.0 Å². The molecule has 0 bridgehead atoms. The first-order chi connectivity index (χ1) is 35.8. The number of aliphatic hydroxyl groups excluding tert-OH is 3. The van der Waals surface area contributed by atoms with Gasteiger partial charge in [0.1, 0.15) is 47.2 Å². The van der Waals surface area contributed by atoms with Crippen LogP contribution in [0.15, 0.2) is 72.8 Å². The van der Waals surface area contributed by atoms with Crippen molar-refractivity contribution < 1.29 is 62.7 Å². The van der Waals surface area contributed by atoms with Gasteiger partial charge in [-0.3, -0.25) is 19.1 Å². The van der Waals surface area contributed by atoms with Crippen LogP contribution in [-0.2, 0) is 38.8 Å². The molecule has 5 N–H and O–H groups in total.